The molecule has 302 valence electrons. The van der Waals surface area contributed by atoms with Crippen molar-refractivity contribution in [1.29, 1.82) is 10.7 Å². The second kappa shape index (κ2) is 20.6. The summed E-state index contributed by atoms with van der Waals surface area (Å²) in [5.74, 6) is 0.762. The molecular formula is C42H63ClIN8O2P. The van der Waals surface area contributed by atoms with Crippen molar-refractivity contribution in [2.45, 2.75) is 112 Å². The highest BCUT2D eigenvalue weighted by molar-refractivity contribution is 14.2. The quantitative estimate of drug-likeness (QED) is 0.0902. The molecule has 2 aromatic carbocycles. The lowest BCUT2D eigenvalue weighted by molar-refractivity contribution is -0.140. The fraction of sp³-hybridized carbons (Fsp3) is 0.571. The average molecular weight is 905 g/mol. The Labute approximate surface area is 350 Å². The van der Waals surface area contributed by atoms with Gasteiger partial charge >= 0.3 is 0 Å². The number of benzene rings is 2. The Morgan fingerprint density at radius 3 is 2.25 bits per heavy atom. The third-order valence-corrected chi connectivity index (χ3v) is 12.4. The van der Waals surface area contributed by atoms with E-state index < -0.39 is 0 Å². The van der Waals surface area contributed by atoms with Crippen molar-refractivity contribution in [1.82, 2.24) is 19.6 Å². The Balaban J connectivity index is 0.000000732. The summed E-state index contributed by atoms with van der Waals surface area (Å²) >= 11 is 9.43. The number of ether oxygens (including phenoxy) is 1. The normalized spacial score (nSPS) is 19.1. The van der Waals surface area contributed by atoms with Gasteiger partial charge in [0.1, 0.15) is 11.8 Å². The van der Waals surface area contributed by atoms with Crippen molar-refractivity contribution in [3.8, 4) is 17.2 Å². The lowest BCUT2D eigenvalue weighted by atomic mass is 9.61. The molecule has 3 aliphatic rings. The molecule has 6 rings (SSSR count). The van der Waals surface area contributed by atoms with Crippen molar-refractivity contribution < 1.29 is 9.53 Å². The molecule has 0 radical (unpaired) electrons. The first-order chi connectivity index (χ1) is 26.3. The van der Waals surface area contributed by atoms with Gasteiger partial charge in [0.25, 0.3) is 0 Å². The molecule has 0 bridgehead atoms. The highest BCUT2D eigenvalue weighted by atomic mass is 127. The summed E-state index contributed by atoms with van der Waals surface area (Å²) in [7, 11) is 1.71. The molecule has 1 aromatic heterocycles. The monoisotopic (exact) mass is 904 g/mol. The van der Waals surface area contributed by atoms with E-state index in [4.69, 9.17) is 26.8 Å². The molecule has 2 aliphatic heterocycles. The zero-order valence-electron chi connectivity index (χ0n) is 34.8. The van der Waals surface area contributed by atoms with E-state index in [9.17, 15) is 10.1 Å². The number of aryl methyl sites for hydroxylation is 1. The lowest BCUT2D eigenvalue weighted by Crippen LogP contribution is -2.62. The number of anilines is 2. The molecule has 3 heterocycles. The number of carbonyl (C=O) groups excluding carboxylic acids is 1. The largest absolute Gasteiger partial charge is 0.379 e. The summed E-state index contributed by atoms with van der Waals surface area (Å²) in [4.78, 5) is 18.0. The molecule has 1 unspecified atom stereocenters. The second-order valence-electron chi connectivity index (χ2n) is 15.4. The number of nitrogens with zero attached hydrogens (tertiary/aromatic N) is 6. The number of nitrogens with one attached hydrogen (secondary N) is 2. The Morgan fingerprint density at radius 2 is 1.75 bits per heavy atom. The number of halogens is 2. The standard InChI is InChI=1S/C33H39ClIN8OP.C5H12O.2C2H6/c1-4-32(3)18-40(17-23-8-6-5-7-9-23)10-11-42(32)31-29(28-25(15-36)26(39-45-35)12-22(2)30(28)34)27(16-37)43(38-31)24-13-33(14-24)19-41(20-33)21-44;1-5(2,3)6-4;2*1-2/h5-9,12,15,21,24,36,39,45H,4,10-11,13-14,17-20H2,1-3H3;1-4H3;2*1-2H3/t32-;;;/m0.../s1. The third kappa shape index (κ3) is 10.6. The number of methoxy groups -OCH3 is 1. The molecule has 2 atom stereocenters. The van der Waals surface area contributed by atoms with Crippen LogP contribution in [0, 0.1) is 29.1 Å². The number of rotatable bonds is 10. The summed E-state index contributed by atoms with van der Waals surface area (Å²) < 4.78 is 6.87. The molecule has 2 saturated heterocycles. The van der Waals surface area contributed by atoms with Gasteiger partial charge in [0, 0.05) is 81.2 Å². The van der Waals surface area contributed by atoms with Gasteiger partial charge in [0.05, 0.1) is 27.8 Å². The second-order valence-corrected chi connectivity index (χ2v) is 17.8. The zero-order chi connectivity index (χ0) is 41.1. The molecule has 10 nitrogen and oxygen atoms in total. The van der Waals surface area contributed by atoms with Gasteiger partial charge in [-0.2, -0.15) is 10.4 Å². The smallest absolute Gasteiger partial charge is 0.209 e. The Kier molecular flexibility index (Phi) is 17.5. The maximum atomic E-state index is 11.3. The lowest BCUT2D eigenvalue weighted by Gasteiger charge is -2.57. The van der Waals surface area contributed by atoms with Gasteiger partial charge < -0.3 is 25.0 Å². The van der Waals surface area contributed by atoms with Crippen molar-refractivity contribution in [3.05, 3.63) is 63.8 Å². The summed E-state index contributed by atoms with van der Waals surface area (Å²) in [6.07, 6.45) is 5.33. The Morgan fingerprint density at radius 1 is 1.13 bits per heavy atom. The summed E-state index contributed by atoms with van der Waals surface area (Å²) in [5, 5.41) is 28.6. The van der Waals surface area contributed by atoms with Crippen molar-refractivity contribution in [2.75, 3.05) is 49.8 Å². The predicted molar refractivity (Wildman–Crippen MR) is 242 cm³/mol. The molecule has 3 aromatic rings. The van der Waals surface area contributed by atoms with E-state index in [1.165, 1.54) is 11.8 Å². The van der Waals surface area contributed by atoms with Gasteiger partial charge in [0.2, 0.25) is 6.41 Å². The van der Waals surface area contributed by atoms with Crippen LogP contribution in [0.4, 0.5) is 11.5 Å². The van der Waals surface area contributed by atoms with Crippen LogP contribution in [0.1, 0.15) is 110 Å². The van der Waals surface area contributed by atoms with Crippen LogP contribution in [0.5, 0.6) is 0 Å². The van der Waals surface area contributed by atoms with Gasteiger partial charge in [-0.3, -0.25) is 9.69 Å². The minimum Gasteiger partial charge on any atom is -0.379 e. The van der Waals surface area contributed by atoms with Gasteiger partial charge in [-0.05, 0) is 93.1 Å². The number of amides is 1. The maximum absolute atomic E-state index is 11.3. The average Bonchev–Trinajstić information content (AvgIpc) is 3.52. The van der Waals surface area contributed by atoms with E-state index in [0.29, 0.717) is 33.8 Å². The Bertz CT molecular complexity index is 1760. The number of likely N-dealkylation sites (tertiary alicyclic amines) is 1. The zero-order valence-corrected chi connectivity index (χ0v) is 38.7. The highest BCUT2D eigenvalue weighted by Gasteiger charge is 2.54. The van der Waals surface area contributed by atoms with Gasteiger partial charge in [-0.1, -0.05) is 76.6 Å². The van der Waals surface area contributed by atoms with E-state index in [1.807, 2.05) is 71.0 Å². The van der Waals surface area contributed by atoms with Crippen LogP contribution in [0.25, 0.3) is 11.1 Å². The summed E-state index contributed by atoms with van der Waals surface area (Å²) in [6.45, 7) is 25.4. The molecular weight excluding hydrogens is 842 g/mol. The highest BCUT2D eigenvalue weighted by Crippen LogP contribution is 2.55. The number of aromatic nitrogens is 2. The maximum Gasteiger partial charge on any atom is 0.209 e. The van der Waals surface area contributed by atoms with Crippen LogP contribution in [0.2, 0.25) is 5.02 Å². The topological polar surface area (TPSA) is 114 Å². The first-order valence-corrected chi connectivity index (χ1v) is 24.0. The van der Waals surface area contributed by atoms with Crippen LogP contribution < -0.4 is 9.99 Å². The van der Waals surface area contributed by atoms with Crippen LogP contribution in [0.15, 0.2) is 36.4 Å². The van der Waals surface area contributed by atoms with Crippen molar-refractivity contribution in [2.24, 2.45) is 5.41 Å². The third-order valence-electron chi connectivity index (χ3n) is 10.7. The summed E-state index contributed by atoms with van der Waals surface area (Å²) in [6, 6.07) is 15.2. The molecule has 1 aliphatic carbocycles. The van der Waals surface area contributed by atoms with Crippen LogP contribution >= 0.6 is 40.0 Å². The molecule has 2 N–H and O–H groups in total. The van der Waals surface area contributed by atoms with E-state index in [2.05, 4.69) is 87.2 Å². The number of hydrogen-bond donors (Lipinski definition) is 2. The van der Waals surface area contributed by atoms with E-state index in [0.717, 1.165) is 82.0 Å². The fourth-order valence-corrected chi connectivity index (χ4v) is 9.06. The van der Waals surface area contributed by atoms with Gasteiger partial charge in [-0.25, -0.2) is 4.68 Å². The minimum absolute atomic E-state index is 0.0417. The SMILES string of the molecule is CC.CC.CC[C@@]1(C)CN(Cc2ccccc2)CCN1c1nn(C2CC3(C2)CN(C=O)C3)c(C#N)c1-c1c(Cl)c(C)cc(NPI)c1C=N.COC(C)(C)C. The van der Waals surface area contributed by atoms with Crippen LogP contribution in [0.3, 0.4) is 0 Å². The first kappa shape index (κ1) is 46.6. The molecule has 1 spiro atoms. The molecule has 55 heavy (non-hydrogen) atoms. The molecule has 13 heteroatoms. The van der Waals surface area contributed by atoms with Crippen molar-refractivity contribution >= 4 is 64.1 Å². The van der Waals surface area contributed by atoms with Gasteiger partial charge in [0.15, 0.2) is 5.82 Å². The molecule has 3 fully saturated rings. The van der Waals surface area contributed by atoms with Crippen LogP contribution in [-0.2, 0) is 16.1 Å². The van der Waals surface area contributed by atoms with Gasteiger partial charge in [-0.15, -0.1) is 0 Å². The number of hydrogen-bond acceptors (Lipinski definition) is 8. The number of carbonyl (C=O) groups is 1. The molecule has 1 saturated carbocycles. The predicted octanol–water partition coefficient (Wildman–Crippen LogP) is 10.5. The van der Waals surface area contributed by atoms with E-state index in [1.54, 1.807) is 7.11 Å². The number of nitriles is 1. The minimum atomic E-state index is -0.251. The summed E-state index contributed by atoms with van der Waals surface area (Å²) in [5.41, 5.74) is 5.47. The van der Waals surface area contributed by atoms with Crippen LogP contribution in [-0.4, -0.2) is 83.2 Å². The number of piperazine rings is 1. The molecule has 1 amide bonds. The fourth-order valence-electron chi connectivity index (χ4n) is 7.63. The first-order valence-electron chi connectivity index (χ1n) is 19.5. The van der Waals surface area contributed by atoms with E-state index in [-0.39, 0.29) is 22.6 Å². The van der Waals surface area contributed by atoms with Crippen molar-refractivity contribution in [3.63, 3.8) is 0 Å². The Hall–Kier alpha value is -2.75. The van der Waals surface area contributed by atoms with E-state index >= 15 is 0 Å².